The highest BCUT2D eigenvalue weighted by Crippen LogP contribution is 2.14. The van der Waals surface area contributed by atoms with Gasteiger partial charge in [-0.1, -0.05) is 5.11 Å². The van der Waals surface area contributed by atoms with Crippen LogP contribution in [0.4, 0.5) is 4.79 Å². The molecule has 0 radical (unpaired) electrons. The molecule has 0 bridgehead atoms. The molecule has 2 amide bonds. The van der Waals surface area contributed by atoms with E-state index in [1.165, 1.54) is 0 Å². The maximum absolute atomic E-state index is 11.9. The van der Waals surface area contributed by atoms with Gasteiger partial charge in [-0.25, -0.2) is 4.79 Å². The number of likely N-dealkylation sites (tertiary alicyclic amines) is 1. The van der Waals surface area contributed by atoms with Crippen LogP contribution in [0.2, 0.25) is 0 Å². The summed E-state index contributed by atoms with van der Waals surface area (Å²) in [5, 5.41) is 6.57. The summed E-state index contributed by atoms with van der Waals surface area (Å²) in [5.74, 6) is 0. The second-order valence-corrected chi connectivity index (χ2v) is 4.77. The molecule has 2 unspecified atom stereocenters. The molecular formula is C11H19N5O2. The van der Waals surface area contributed by atoms with Gasteiger partial charge in [-0.3, -0.25) is 0 Å². The molecule has 7 nitrogen and oxygen atoms in total. The first-order valence-electron chi connectivity index (χ1n) is 6.48. The summed E-state index contributed by atoms with van der Waals surface area (Å²) >= 11 is 0. The zero-order valence-corrected chi connectivity index (χ0v) is 10.4. The van der Waals surface area contributed by atoms with Gasteiger partial charge < -0.3 is 15.0 Å². The topological polar surface area (TPSA) is 90.3 Å². The Hall–Kier alpha value is -1.46. The zero-order valence-electron chi connectivity index (χ0n) is 10.4. The van der Waals surface area contributed by atoms with E-state index in [0.717, 1.165) is 38.8 Å². The van der Waals surface area contributed by atoms with Gasteiger partial charge in [0.25, 0.3) is 0 Å². The summed E-state index contributed by atoms with van der Waals surface area (Å²) < 4.78 is 5.45. The molecule has 2 saturated heterocycles. The van der Waals surface area contributed by atoms with Crippen molar-refractivity contribution in [2.24, 2.45) is 5.11 Å². The standard InChI is InChI=1S/C11H19N5O2/c12-15-14-9-3-1-5-16(8-9)11(17)13-7-10-4-2-6-18-10/h9-10H,1-8H2,(H,13,17). The van der Waals surface area contributed by atoms with Gasteiger partial charge in [-0.05, 0) is 31.2 Å². The molecule has 2 aliphatic heterocycles. The van der Waals surface area contributed by atoms with Crippen LogP contribution >= 0.6 is 0 Å². The second kappa shape index (κ2) is 6.47. The molecule has 100 valence electrons. The van der Waals surface area contributed by atoms with Crippen molar-refractivity contribution in [3.05, 3.63) is 10.4 Å². The molecule has 0 aromatic heterocycles. The molecule has 7 heteroatoms. The van der Waals surface area contributed by atoms with E-state index < -0.39 is 0 Å². The Morgan fingerprint density at radius 2 is 2.39 bits per heavy atom. The van der Waals surface area contributed by atoms with Crippen molar-refractivity contribution in [3.8, 4) is 0 Å². The maximum Gasteiger partial charge on any atom is 0.317 e. The number of nitrogens with zero attached hydrogens (tertiary/aromatic N) is 4. The quantitative estimate of drug-likeness (QED) is 0.470. The van der Waals surface area contributed by atoms with E-state index in [0.29, 0.717) is 13.1 Å². The Morgan fingerprint density at radius 3 is 3.11 bits per heavy atom. The van der Waals surface area contributed by atoms with Crippen LogP contribution in [-0.4, -0.2) is 49.3 Å². The first-order chi connectivity index (χ1) is 8.79. The summed E-state index contributed by atoms with van der Waals surface area (Å²) in [6, 6.07) is -0.166. The van der Waals surface area contributed by atoms with Crippen LogP contribution in [0, 0.1) is 0 Å². The average Bonchev–Trinajstić information content (AvgIpc) is 2.90. The van der Waals surface area contributed by atoms with Crippen LogP contribution in [0.25, 0.3) is 10.4 Å². The molecule has 2 fully saturated rings. The molecule has 0 saturated carbocycles. The Bertz CT molecular complexity index is 336. The maximum atomic E-state index is 11.9. The van der Waals surface area contributed by atoms with E-state index in [1.807, 2.05) is 0 Å². The molecule has 0 aromatic carbocycles. The van der Waals surface area contributed by atoms with Gasteiger partial charge in [0.1, 0.15) is 0 Å². The highest BCUT2D eigenvalue weighted by molar-refractivity contribution is 5.74. The largest absolute Gasteiger partial charge is 0.376 e. The lowest BCUT2D eigenvalue weighted by atomic mass is 10.1. The fraction of sp³-hybridized carbons (Fsp3) is 0.909. The molecule has 2 rings (SSSR count). The van der Waals surface area contributed by atoms with Crippen molar-refractivity contribution in [2.75, 3.05) is 26.2 Å². The van der Waals surface area contributed by atoms with Gasteiger partial charge in [0.15, 0.2) is 0 Å². The zero-order chi connectivity index (χ0) is 12.8. The monoisotopic (exact) mass is 253 g/mol. The van der Waals surface area contributed by atoms with Gasteiger partial charge in [0, 0.05) is 31.2 Å². The number of hydrogen-bond acceptors (Lipinski definition) is 3. The molecule has 1 N–H and O–H groups in total. The molecular weight excluding hydrogens is 234 g/mol. The number of carbonyl (C=O) groups excluding carboxylic acids is 1. The van der Waals surface area contributed by atoms with Crippen molar-refractivity contribution in [1.29, 1.82) is 0 Å². The molecule has 2 aliphatic rings. The molecule has 2 heterocycles. The SMILES string of the molecule is [N-]=[N+]=NC1CCCN(C(=O)NCC2CCCO2)C1. The van der Waals surface area contributed by atoms with Gasteiger partial charge in [-0.15, -0.1) is 0 Å². The predicted octanol–water partition coefficient (Wildman–Crippen LogP) is 1.65. The molecule has 2 atom stereocenters. The van der Waals surface area contributed by atoms with Crippen LogP contribution in [0.15, 0.2) is 5.11 Å². The number of ether oxygens (including phenoxy) is 1. The van der Waals surface area contributed by atoms with E-state index in [4.69, 9.17) is 10.3 Å². The lowest BCUT2D eigenvalue weighted by molar-refractivity contribution is 0.108. The highest BCUT2D eigenvalue weighted by Gasteiger charge is 2.24. The van der Waals surface area contributed by atoms with Crippen molar-refractivity contribution < 1.29 is 9.53 Å². The fourth-order valence-corrected chi connectivity index (χ4v) is 2.42. The number of hydrogen-bond donors (Lipinski definition) is 1. The number of amides is 2. The number of piperidine rings is 1. The fourth-order valence-electron chi connectivity index (χ4n) is 2.42. The summed E-state index contributed by atoms with van der Waals surface area (Å²) in [5.41, 5.74) is 8.41. The number of nitrogens with one attached hydrogen (secondary N) is 1. The second-order valence-electron chi connectivity index (χ2n) is 4.77. The lowest BCUT2D eigenvalue weighted by Crippen LogP contribution is -2.48. The number of rotatable bonds is 3. The van der Waals surface area contributed by atoms with E-state index in [2.05, 4.69) is 15.3 Å². The van der Waals surface area contributed by atoms with Gasteiger partial charge in [0.2, 0.25) is 0 Å². The number of urea groups is 1. The van der Waals surface area contributed by atoms with Crippen LogP contribution < -0.4 is 5.32 Å². The van der Waals surface area contributed by atoms with Crippen LogP contribution in [0.1, 0.15) is 25.7 Å². The number of carbonyl (C=O) groups is 1. The van der Waals surface area contributed by atoms with Gasteiger partial charge >= 0.3 is 6.03 Å². The lowest BCUT2D eigenvalue weighted by Gasteiger charge is -2.30. The van der Waals surface area contributed by atoms with Crippen LogP contribution in [0.5, 0.6) is 0 Å². The first kappa shape index (κ1) is 13.0. The third-order valence-electron chi connectivity index (χ3n) is 3.40. The van der Waals surface area contributed by atoms with Gasteiger partial charge in [-0.2, -0.15) is 0 Å². The third kappa shape index (κ3) is 3.51. The molecule has 18 heavy (non-hydrogen) atoms. The summed E-state index contributed by atoms with van der Waals surface area (Å²) in [4.78, 5) is 16.5. The summed E-state index contributed by atoms with van der Waals surface area (Å²) in [7, 11) is 0. The van der Waals surface area contributed by atoms with Crippen molar-refractivity contribution in [2.45, 2.75) is 37.8 Å². The minimum Gasteiger partial charge on any atom is -0.376 e. The van der Waals surface area contributed by atoms with Crippen molar-refractivity contribution >= 4 is 6.03 Å². The van der Waals surface area contributed by atoms with Crippen molar-refractivity contribution in [1.82, 2.24) is 10.2 Å². The summed E-state index contributed by atoms with van der Waals surface area (Å²) in [6.45, 7) is 2.61. The Balaban J connectivity index is 1.75. The van der Waals surface area contributed by atoms with Crippen LogP contribution in [-0.2, 0) is 4.74 Å². The van der Waals surface area contributed by atoms with E-state index in [-0.39, 0.29) is 18.2 Å². The molecule has 0 aliphatic carbocycles. The minimum atomic E-state index is -0.0859. The van der Waals surface area contributed by atoms with E-state index >= 15 is 0 Å². The Kier molecular flexibility index (Phi) is 4.66. The molecule has 0 spiro atoms. The van der Waals surface area contributed by atoms with Crippen molar-refractivity contribution in [3.63, 3.8) is 0 Å². The third-order valence-corrected chi connectivity index (χ3v) is 3.40. The average molecular weight is 253 g/mol. The van der Waals surface area contributed by atoms with Gasteiger partial charge in [0.05, 0.1) is 12.1 Å². The smallest absolute Gasteiger partial charge is 0.317 e. The minimum absolute atomic E-state index is 0.0802. The molecule has 0 aromatic rings. The first-order valence-corrected chi connectivity index (χ1v) is 6.48. The number of azide groups is 1. The van der Waals surface area contributed by atoms with E-state index in [9.17, 15) is 4.79 Å². The Morgan fingerprint density at radius 1 is 1.50 bits per heavy atom. The highest BCUT2D eigenvalue weighted by atomic mass is 16.5. The normalized spacial score (nSPS) is 27.7. The van der Waals surface area contributed by atoms with E-state index in [1.54, 1.807) is 4.90 Å². The summed E-state index contributed by atoms with van der Waals surface area (Å²) in [6.07, 6.45) is 3.99. The Labute approximate surface area is 106 Å². The van der Waals surface area contributed by atoms with Crippen LogP contribution in [0.3, 0.4) is 0 Å². The predicted molar refractivity (Wildman–Crippen MR) is 66.1 cm³/mol.